The smallest absolute Gasteiger partial charge is 0.251 e. The van der Waals surface area contributed by atoms with E-state index >= 15 is 0 Å². The highest BCUT2D eigenvalue weighted by Gasteiger charge is 2.14. The molecule has 6 heteroatoms. The summed E-state index contributed by atoms with van der Waals surface area (Å²) in [6.07, 6.45) is 0.0681. The van der Waals surface area contributed by atoms with Crippen LogP contribution in [0.5, 0.6) is 11.5 Å². The summed E-state index contributed by atoms with van der Waals surface area (Å²) in [5, 5.41) is 5.48. The van der Waals surface area contributed by atoms with E-state index in [4.69, 9.17) is 9.47 Å². The Morgan fingerprint density at radius 3 is 2.30 bits per heavy atom. The highest BCUT2D eigenvalue weighted by Crippen LogP contribution is 2.24. The van der Waals surface area contributed by atoms with Crippen LogP contribution in [0.2, 0.25) is 0 Å². The minimum absolute atomic E-state index is 0.0681. The lowest BCUT2D eigenvalue weighted by atomic mass is 10.1. The van der Waals surface area contributed by atoms with E-state index < -0.39 is 0 Å². The van der Waals surface area contributed by atoms with E-state index in [1.54, 1.807) is 31.4 Å². The normalized spacial score (nSPS) is 11.6. The van der Waals surface area contributed by atoms with Gasteiger partial charge in [0.15, 0.2) is 0 Å². The zero-order valence-electron chi connectivity index (χ0n) is 16.1. The number of ether oxygens (including phenoxy) is 2. The molecule has 0 aliphatic carbocycles. The Morgan fingerprint density at radius 1 is 1.00 bits per heavy atom. The quantitative estimate of drug-likeness (QED) is 0.749. The molecule has 0 aromatic heterocycles. The Labute approximate surface area is 159 Å². The number of carbonyl (C=O) groups excluding carboxylic acids is 2. The van der Waals surface area contributed by atoms with E-state index in [1.807, 2.05) is 45.0 Å². The van der Waals surface area contributed by atoms with Gasteiger partial charge >= 0.3 is 0 Å². The molecule has 0 aliphatic heterocycles. The molecule has 0 spiro atoms. The number of methoxy groups -OCH3 is 1. The minimum Gasteiger partial charge on any atom is -0.496 e. The molecular formula is C21H26N2O4. The minimum atomic E-state index is -0.314. The van der Waals surface area contributed by atoms with Crippen LogP contribution in [0.3, 0.4) is 0 Å². The van der Waals surface area contributed by atoms with E-state index in [1.165, 1.54) is 0 Å². The van der Waals surface area contributed by atoms with Crippen LogP contribution in [0.4, 0.5) is 0 Å². The lowest BCUT2D eigenvalue weighted by Crippen LogP contribution is -2.38. The molecule has 6 nitrogen and oxygen atoms in total. The maximum absolute atomic E-state index is 12.2. The summed E-state index contributed by atoms with van der Waals surface area (Å²) in [4.78, 5) is 24.3. The number of hydrogen-bond donors (Lipinski definition) is 2. The number of benzene rings is 2. The molecule has 0 radical (unpaired) electrons. The number of hydrogen-bond acceptors (Lipinski definition) is 4. The highest BCUT2D eigenvalue weighted by molar-refractivity contribution is 5.96. The average molecular weight is 370 g/mol. The van der Waals surface area contributed by atoms with Gasteiger partial charge in [-0.1, -0.05) is 18.2 Å². The molecule has 0 saturated heterocycles. The van der Waals surface area contributed by atoms with E-state index in [9.17, 15) is 9.59 Å². The second-order valence-electron chi connectivity index (χ2n) is 6.40. The second-order valence-corrected chi connectivity index (χ2v) is 6.40. The van der Waals surface area contributed by atoms with Crippen LogP contribution >= 0.6 is 0 Å². The average Bonchev–Trinajstić information content (AvgIpc) is 2.66. The number of para-hydroxylation sites is 1. The number of nitrogens with one attached hydrogen (secondary N) is 2. The third-order valence-electron chi connectivity index (χ3n) is 3.88. The van der Waals surface area contributed by atoms with Gasteiger partial charge in [-0.2, -0.15) is 0 Å². The summed E-state index contributed by atoms with van der Waals surface area (Å²) in [5.41, 5.74) is 1.34. The maximum Gasteiger partial charge on any atom is 0.251 e. The first-order valence-corrected chi connectivity index (χ1v) is 8.88. The van der Waals surface area contributed by atoms with Gasteiger partial charge in [0, 0.05) is 11.1 Å². The Hall–Kier alpha value is -3.02. The van der Waals surface area contributed by atoms with Crippen molar-refractivity contribution >= 4 is 11.8 Å². The van der Waals surface area contributed by atoms with Gasteiger partial charge in [0.05, 0.1) is 25.8 Å². The van der Waals surface area contributed by atoms with Gasteiger partial charge in [0.25, 0.3) is 5.91 Å². The Morgan fingerprint density at radius 2 is 1.67 bits per heavy atom. The van der Waals surface area contributed by atoms with Crippen LogP contribution < -0.4 is 20.1 Å². The van der Waals surface area contributed by atoms with E-state index in [2.05, 4.69) is 10.6 Å². The fourth-order valence-corrected chi connectivity index (χ4v) is 2.61. The van der Waals surface area contributed by atoms with Crippen molar-refractivity contribution < 1.29 is 19.1 Å². The van der Waals surface area contributed by atoms with Gasteiger partial charge < -0.3 is 20.1 Å². The number of carbonyl (C=O) groups is 2. The van der Waals surface area contributed by atoms with E-state index in [-0.39, 0.29) is 30.5 Å². The van der Waals surface area contributed by atoms with Gasteiger partial charge in [0.2, 0.25) is 5.91 Å². The fraction of sp³-hybridized carbons (Fsp3) is 0.333. The van der Waals surface area contributed by atoms with Gasteiger partial charge in [0.1, 0.15) is 11.5 Å². The SMILES string of the molecule is COc1ccccc1C(C)NC(=O)CNC(=O)c1ccc(OC(C)C)cc1. The lowest BCUT2D eigenvalue weighted by Gasteiger charge is -2.17. The molecule has 2 rings (SSSR count). The molecule has 27 heavy (non-hydrogen) atoms. The van der Waals surface area contributed by atoms with Crippen molar-refractivity contribution in [1.29, 1.82) is 0 Å². The molecule has 1 atom stereocenters. The van der Waals surface area contributed by atoms with Crippen LogP contribution in [-0.4, -0.2) is 31.6 Å². The largest absolute Gasteiger partial charge is 0.496 e. The first-order chi connectivity index (χ1) is 12.9. The summed E-state index contributed by atoms with van der Waals surface area (Å²) in [7, 11) is 1.59. The Kier molecular flexibility index (Phi) is 7.23. The van der Waals surface area contributed by atoms with Crippen molar-refractivity contribution in [3.63, 3.8) is 0 Å². The Balaban J connectivity index is 1.86. The van der Waals surface area contributed by atoms with E-state index in [0.29, 0.717) is 17.1 Å². The molecule has 0 bridgehead atoms. The zero-order chi connectivity index (χ0) is 19.8. The third kappa shape index (κ3) is 6.02. The first kappa shape index (κ1) is 20.3. The molecule has 0 aliphatic rings. The van der Waals surface area contributed by atoms with Gasteiger partial charge in [-0.15, -0.1) is 0 Å². The van der Waals surface area contributed by atoms with Gasteiger partial charge in [-0.25, -0.2) is 0 Å². The molecule has 0 fully saturated rings. The third-order valence-corrected chi connectivity index (χ3v) is 3.88. The van der Waals surface area contributed by atoms with Crippen molar-refractivity contribution in [1.82, 2.24) is 10.6 Å². The predicted octanol–water partition coefficient (Wildman–Crippen LogP) is 3.09. The van der Waals surface area contributed by atoms with E-state index in [0.717, 1.165) is 5.56 Å². The summed E-state index contributed by atoms with van der Waals surface area (Å²) in [6, 6.07) is 14.1. The number of rotatable bonds is 8. The monoisotopic (exact) mass is 370 g/mol. The van der Waals surface area contributed by atoms with Crippen molar-refractivity contribution in [3.8, 4) is 11.5 Å². The molecular weight excluding hydrogens is 344 g/mol. The highest BCUT2D eigenvalue weighted by atomic mass is 16.5. The fourth-order valence-electron chi connectivity index (χ4n) is 2.61. The molecule has 2 aromatic rings. The Bertz CT molecular complexity index is 772. The van der Waals surface area contributed by atoms with Crippen LogP contribution in [0, 0.1) is 0 Å². The van der Waals surface area contributed by atoms with Crippen molar-refractivity contribution in [2.24, 2.45) is 0 Å². The topological polar surface area (TPSA) is 76.7 Å². The number of amides is 2. The summed E-state index contributed by atoms with van der Waals surface area (Å²) >= 11 is 0. The van der Waals surface area contributed by atoms with Crippen molar-refractivity contribution in [2.45, 2.75) is 32.9 Å². The molecule has 2 N–H and O–H groups in total. The second kappa shape index (κ2) is 9.62. The molecule has 0 saturated carbocycles. The van der Waals surface area contributed by atoms with Crippen LogP contribution in [0.1, 0.15) is 42.7 Å². The zero-order valence-corrected chi connectivity index (χ0v) is 16.1. The summed E-state index contributed by atoms with van der Waals surface area (Å²) in [5.74, 6) is 0.815. The van der Waals surface area contributed by atoms with Crippen LogP contribution in [0.15, 0.2) is 48.5 Å². The van der Waals surface area contributed by atoms with Crippen LogP contribution in [0.25, 0.3) is 0 Å². The van der Waals surface area contributed by atoms with Gasteiger partial charge in [-0.3, -0.25) is 9.59 Å². The van der Waals surface area contributed by atoms with Crippen LogP contribution in [-0.2, 0) is 4.79 Å². The lowest BCUT2D eigenvalue weighted by molar-refractivity contribution is -0.120. The summed E-state index contributed by atoms with van der Waals surface area (Å²) in [6.45, 7) is 5.63. The van der Waals surface area contributed by atoms with Crippen molar-refractivity contribution in [2.75, 3.05) is 13.7 Å². The standard InChI is InChI=1S/C21H26N2O4/c1-14(2)27-17-11-9-16(10-12-17)21(25)22-13-20(24)23-15(3)18-7-5-6-8-19(18)26-4/h5-12,14-15H,13H2,1-4H3,(H,22,25)(H,23,24). The maximum atomic E-state index is 12.2. The predicted molar refractivity (Wildman–Crippen MR) is 104 cm³/mol. The molecule has 1 unspecified atom stereocenters. The van der Waals surface area contributed by atoms with Gasteiger partial charge in [-0.05, 0) is 51.1 Å². The molecule has 2 amide bonds. The molecule has 2 aromatic carbocycles. The van der Waals surface area contributed by atoms with Crippen molar-refractivity contribution in [3.05, 3.63) is 59.7 Å². The first-order valence-electron chi connectivity index (χ1n) is 8.88. The molecule has 0 heterocycles. The molecule has 144 valence electrons. The summed E-state index contributed by atoms with van der Waals surface area (Å²) < 4.78 is 10.9.